The normalized spacial score (nSPS) is 15.0. The molecule has 0 bridgehead atoms. The van der Waals surface area contributed by atoms with E-state index in [0.717, 1.165) is 38.8 Å². The first-order valence-corrected chi connectivity index (χ1v) is 10.3. The molecule has 0 spiro atoms. The second kappa shape index (κ2) is 17.5. The molecule has 1 heterocycles. The molecule has 0 saturated carbocycles. The maximum Gasteiger partial charge on any atom is 0.220 e. The van der Waals surface area contributed by atoms with Crippen molar-refractivity contribution >= 4 is 18.3 Å². The summed E-state index contributed by atoms with van der Waals surface area (Å²) in [6, 6.07) is 0.418. The molecular weight excluding hydrogens is 320 g/mol. The SMILES string of the molecule is CCCCCCCCCCCCCCC(=O)NC1CCNCC1.Cl. The summed E-state index contributed by atoms with van der Waals surface area (Å²) in [6.45, 7) is 4.37. The summed E-state index contributed by atoms with van der Waals surface area (Å²) in [4.78, 5) is 11.9. The molecule has 2 N–H and O–H groups in total. The highest BCUT2D eigenvalue weighted by Crippen LogP contribution is 2.12. The van der Waals surface area contributed by atoms with Crippen molar-refractivity contribution in [3.05, 3.63) is 0 Å². The molecule has 1 aliphatic heterocycles. The average molecular weight is 361 g/mol. The summed E-state index contributed by atoms with van der Waals surface area (Å²) < 4.78 is 0. The van der Waals surface area contributed by atoms with E-state index in [9.17, 15) is 4.79 Å². The smallest absolute Gasteiger partial charge is 0.220 e. The van der Waals surface area contributed by atoms with E-state index in [1.807, 2.05) is 0 Å². The Labute approximate surface area is 156 Å². The van der Waals surface area contributed by atoms with E-state index < -0.39 is 0 Å². The number of nitrogens with one attached hydrogen (secondary N) is 2. The van der Waals surface area contributed by atoms with Gasteiger partial charge in [-0.05, 0) is 32.4 Å². The molecule has 144 valence electrons. The van der Waals surface area contributed by atoms with Gasteiger partial charge in [0.15, 0.2) is 0 Å². The maximum absolute atomic E-state index is 11.9. The van der Waals surface area contributed by atoms with E-state index in [0.29, 0.717) is 6.04 Å². The molecular formula is C20H41ClN2O. The molecule has 1 saturated heterocycles. The number of piperidine rings is 1. The minimum absolute atomic E-state index is 0. The quantitative estimate of drug-likeness (QED) is 0.409. The van der Waals surface area contributed by atoms with Gasteiger partial charge in [0.05, 0.1) is 0 Å². The highest BCUT2D eigenvalue weighted by molar-refractivity contribution is 5.85. The second-order valence-corrected chi connectivity index (χ2v) is 7.23. The van der Waals surface area contributed by atoms with Crippen LogP contribution >= 0.6 is 12.4 Å². The number of rotatable bonds is 14. The zero-order valence-corrected chi connectivity index (χ0v) is 16.7. The molecule has 3 nitrogen and oxygen atoms in total. The van der Waals surface area contributed by atoms with Crippen molar-refractivity contribution in [2.45, 2.75) is 109 Å². The Kier molecular flexibility index (Phi) is 17.3. The number of unbranched alkanes of at least 4 members (excludes halogenated alkanes) is 11. The van der Waals surface area contributed by atoms with Crippen LogP contribution in [-0.4, -0.2) is 25.0 Å². The molecule has 24 heavy (non-hydrogen) atoms. The van der Waals surface area contributed by atoms with Gasteiger partial charge in [0, 0.05) is 12.5 Å². The van der Waals surface area contributed by atoms with E-state index in [1.165, 1.54) is 70.6 Å². The number of hydrogen-bond donors (Lipinski definition) is 2. The van der Waals surface area contributed by atoms with Crippen LogP contribution in [0.2, 0.25) is 0 Å². The van der Waals surface area contributed by atoms with Gasteiger partial charge in [0.2, 0.25) is 5.91 Å². The fourth-order valence-electron chi connectivity index (χ4n) is 3.39. The molecule has 0 aromatic rings. The van der Waals surface area contributed by atoms with Crippen LogP contribution in [0.5, 0.6) is 0 Å². The van der Waals surface area contributed by atoms with Crippen molar-refractivity contribution in [2.75, 3.05) is 13.1 Å². The molecule has 0 atom stereocenters. The third kappa shape index (κ3) is 14.1. The molecule has 1 rings (SSSR count). The third-order valence-electron chi connectivity index (χ3n) is 4.96. The van der Waals surface area contributed by atoms with Gasteiger partial charge in [-0.25, -0.2) is 0 Å². The first kappa shape index (κ1) is 23.7. The highest BCUT2D eigenvalue weighted by Gasteiger charge is 2.14. The van der Waals surface area contributed by atoms with E-state index in [4.69, 9.17) is 0 Å². The van der Waals surface area contributed by atoms with Gasteiger partial charge in [-0.15, -0.1) is 12.4 Å². The topological polar surface area (TPSA) is 41.1 Å². The van der Waals surface area contributed by atoms with E-state index >= 15 is 0 Å². The number of hydrogen-bond acceptors (Lipinski definition) is 2. The minimum Gasteiger partial charge on any atom is -0.353 e. The van der Waals surface area contributed by atoms with E-state index in [2.05, 4.69) is 17.6 Å². The first-order valence-electron chi connectivity index (χ1n) is 10.3. The van der Waals surface area contributed by atoms with Gasteiger partial charge >= 0.3 is 0 Å². The highest BCUT2D eigenvalue weighted by atomic mass is 35.5. The Morgan fingerprint density at radius 1 is 0.833 bits per heavy atom. The van der Waals surface area contributed by atoms with Gasteiger partial charge in [0.1, 0.15) is 0 Å². The Hall–Kier alpha value is -0.280. The van der Waals surface area contributed by atoms with Crippen molar-refractivity contribution in [3.63, 3.8) is 0 Å². The van der Waals surface area contributed by atoms with Crippen LogP contribution in [0.15, 0.2) is 0 Å². The summed E-state index contributed by atoms with van der Waals surface area (Å²) in [5.74, 6) is 0.268. The molecule has 0 aromatic carbocycles. The number of carbonyl (C=O) groups excluding carboxylic acids is 1. The van der Waals surface area contributed by atoms with Gasteiger partial charge < -0.3 is 10.6 Å². The van der Waals surface area contributed by atoms with Gasteiger partial charge in [-0.1, -0.05) is 77.6 Å². The van der Waals surface area contributed by atoms with Gasteiger partial charge in [-0.3, -0.25) is 4.79 Å². The van der Waals surface area contributed by atoms with Crippen LogP contribution in [0.3, 0.4) is 0 Å². The number of carbonyl (C=O) groups is 1. The lowest BCUT2D eigenvalue weighted by molar-refractivity contribution is -0.122. The largest absolute Gasteiger partial charge is 0.353 e. The summed E-state index contributed by atoms with van der Waals surface area (Å²) in [7, 11) is 0. The molecule has 4 heteroatoms. The molecule has 0 aromatic heterocycles. The van der Waals surface area contributed by atoms with E-state index in [1.54, 1.807) is 0 Å². The Balaban J connectivity index is 0.00000529. The van der Waals surface area contributed by atoms with Crippen molar-refractivity contribution in [2.24, 2.45) is 0 Å². The van der Waals surface area contributed by atoms with Crippen LogP contribution in [-0.2, 0) is 4.79 Å². The number of amides is 1. The van der Waals surface area contributed by atoms with Crippen molar-refractivity contribution < 1.29 is 4.79 Å². The van der Waals surface area contributed by atoms with Crippen LogP contribution in [0.4, 0.5) is 0 Å². The van der Waals surface area contributed by atoms with Crippen molar-refractivity contribution in [3.8, 4) is 0 Å². The van der Waals surface area contributed by atoms with Crippen molar-refractivity contribution in [1.82, 2.24) is 10.6 Å². The van der Waals surface area contributed by atoms with Crippen molar-refractivity contribution in [1.29, 1.82) is 0 Å². The van der Waals surface area contributed by atoms with Gasteiger partial charge in [0.25, 0.3) is 0 Å². The third-order valence-corrected chi connectivity index (χ3v) is 4.96. The summed E-state index contributed by atoms with van der Waals surface area (Å²) >= 11 is 0. The van der Waals surface area contributed by atoms with Crippen LogP contribution < -0.4 is 10.6 Å². The first-order chi connectivity index (χ1) is 11.3. The summed E-state index contributed by atoms with van der Waals surface area (Å²) in [6.07, 6.45) is 19.1. The summed E-state index contributed by atoms with van der Waals surface area (Å²) in [5.41, 5.74) is 0. The number of halogens is 1. The van der Waals surface area contributed by atoms with Crippen LogP contribution in [0, 0.1) is 0 Å². The minimum atomic E-state index is 0. The summed E-state index contributed by atoms with van der Waals surface area (Å²) in [5, 5.41) is 6.51. The van der Waals surface area contributed by atoms with E-state index in [-0.39, 0.29) is 18.3 Å². The average Bonchev–Trinajstić information content (AvgIpc) is 2.57. The van der Waals surface area contributed by atoms with Gasteiger partial charge in [-0.2, -0.15) is 0 Å². The molecule has 1 fully saturated rings. The molecule has 1 amide bonds. The Morgan fingerprint density at radius 3 is 1.79 bits per heavy atom. The lowest BCUT2D eigenvalue weighted by Crippen LogP contribution is -2.42. The predicted molar refractivity (Wildman–Crippen MR) is 107 cm³/mol. The lowest BCUT2D eigenvalue weighted by atomic mass is 10.0. The van der Waals surface area contributed by atoms with Crippen LogP contribution in [0.1, 0.15) is 103 Å². The predicted octanol–water partition coefficient (Wildman–Crippen LogP) is 5.37. The fourth-order valence-corrected chi connectivity index (χ4v) is 3.39. The molecule has 1 aliphatic rings. The molecule has 0 aliphatic carbocycles. The van der Waals surface area contributed by atoms with Crippen LogP contribution in [0.25, 0.3) is 0 Å². The lowest BCUT2D eigenvalue weighted by Gasteiger charge is -2.23. The maximum atomic E-state index is 11.9. The standard InChI is InChI=1S/C20H40N2O.ClH/c1-2-3-4-5-6-7-8-9-10-11-12-13-14-20(23)22-19-15-17-21-18-16-19;/h19,21H,2-18H2,1H3,(H,22,23);1H. The second-order valence-electron chi connectivity index (χ2n) is 7.23. The zero-order valence-electron chi connectivity index (χ0n) is 15.9. The molecule has 0 unspecified atom stereocenters. The molecule has 0 radical (unpaired) electrons. The Bertz CT molecular complexity index is 281. The monoisotopic (exact) mass is 360 g/mol. The zero-order chi connectivity index (χ0) is 16.6. The Morgan fingerprint density at radius 2 is 1.29 bits per heavy atom. The fraction of sp³-hybridized carbons (Fsp3) is 0.950.